The van der Waals surface area contributed by atoms with Crippen LogP contribution >= 0.6 is 0 Å². The van der Waals surface area contributed by atoms with Crippen LogP contribution in [-0.4, -0.2) is 61.9 Å². The lowest BCUT2D eigenvalue weighted by Crippen LogP contribution is -2.21. The minimum atomic E-state index is -0.630. The molecule has 0 saturated carbocycles. The van der Waals surface area contributed by atoms with Gasteiger partial charge in [-0.3, -0.25) is 0 Å². The molecule has 2 aromatic rings. The molecule has 0 heterocycles. The molecule has 5 N–H and O–H groups in total. The average Bonchev–Trinajstić information content (AvgIpc) is 2.80. The molecule has 166 valence electrons. The van der Waals surface area contributed by atoms with Gasteiger partial charge in [0, 0.05) is 18.6 Å². The number of hydrogen-bond donors (Lipinski definition) is 4. The molecule has 0 spiro atoms. The lowest BCUT2D eigenvalue weighted by molar-refractivity contribution is 0.183. The summed E-state index contributed by atoms with van der Waals surface area (Å²) in [7, 11) is 4.23. The van der Waals surface area contributed by atoms with Crippen molar-refractivity contribution >= 4 is 0 Å². The number of hydrogen-bond acceptors (Lipinski definition) is 7. The summed E-state index contributed by atoms with van der Waals surface area (Å²) in [4.78, 5) is 2.59. The van der Waals surface area contributed by atoms with E-state index < -0.39 is 12.2 Å². The topological polar surface area (TPSA) is 154 Å². The Balaban J connectivity index is 0.000000522. The van der Waals surface area contributed by atoms with Crippen LogP contribution in [-0.2, 0) is 12.8 Å². The van der Waals surface area contributed by atoms with E-state index in [1.54, 1.807) is 14.2 Å². The highest BCUT2D eigenvalue weighted by Gasteiger charge is 2.04. The van der Waals surface area contributed by atoms with Gasteiger partial charge in [0.1, 0.15) is 11.5 Å². The molecule has 2 atom stereocenters. The molecule has 0 aliphatic rings. The number of rotatable bonds is 9. The van der Waals surface area contributed by atoms with Crippen LogP contribution in [0.2, 0.25) is 0 Å². The fraction of sp³-hybridized carbons (Fsp3) is 0.429. The summed E-state index contributed by atoms with van der Waals surface area (Å²) in [6.45, 7) is 0.397. The minimum absolute atomic E-state index is 0.0997. The first-order valence-electron chi connectivity index (χ1n) is 9.30. The highest BCUT2D eigenvalue weighted by Crippen LogP contribution is 2.13. The summed E-state index contributed by atoms with van der Waals surface area (Å²) in [5.74, 6) is 1.61. The van der Waals surface area contributed by atoms with Gasteiger partial charge in [-0.2, -0.15) is 0 Å². The van der Waals surface area contributed by atoms with Crippen LogP contribution in [0, 0.1) is 0 Å². The first-order valence-corrected chi connectivity index (χ1v) is 9.30. The van der Waals surface area contributed by atoms with Gasteiger partial charge in [-0.1, -0.05) is 29.4 Å². The number of azide groups is 1. The summed E-state index contributed by atoms with van der Waals surface area (Å²) in [5.41, 5.74) is 15.4. The van der Waals surface area contributed by atoms with E-state index >= 15 is 0 Å². The molecular formula is C21H32N4O5. The van der Waals surface area contributed by atoms with Gasteiger partial charge in [0.25, 0.3) is 0 Å². The fourth-order valence-corrected chi connectivity index (χ4v) is 2.35. The highest BCUT2D eigenvalue weighted by molar-refractivity contribution is 5.28. The molecule has 0 aromatic heterocycles. The van der Waals surface area contributed by atoms with Crippen molar-refractivity contribution < 1.29 is 24.8 Å². The van der Waals surface area contributed by atoms with E-state index in [1.165, 1.54) is 0 Å². The van der Waals surface area contributed by atoms with E-state index in [1.807, 2.05) is 48.5 Å². The second-order valence-corrected chi connectivity index (χ2v) is 6.06. The standard InChI is InChI=1S/C10H13N3O2.C10H15NO2.CH4O/c1-15-10-4-2-8(3-5-10)6-9(14)7-12-13-11;1-13-10-4-2-8(3-5-10)6-9(12)7-11;1-2/h2-5,9,14H,6-7H2,1H3;2-5,9,12H,6-7,11H2,1H3;2H,1H3. The second kappa shape index (κ2) is 17.1. The van der Waals surface area contributed by atoms with Crippen LogP contribution in [0.25, 0.3) is 10.4 Å². The Labute approximate surface area is 177 Å². The second-order valence-electron chi connectivity index (χ2n) is 6.06. The Bertz CT molecular complexity index is 719. The van der Waals surface area contributed by atoms with Crippen LogP contribution in [0.15, 0.2) is 53.6 Å². The van der Waals surface area contributed by atoms with Crippen LogP contribution in [0.3, 0.4) is 0 Å². The summed E-state index contributed by atoms with van der Waals surface area (Å²) < 4.78 is 10.0. The van der Waals surface area contributed by atoms with Gasteiger partial charge in [-0.05, 0) is 53.8 Å². The van der Waals surface area contributed by atoms with Crippen molar-refractivity contribution in [2.75, 3.05) is 34.4 Å². The Hall–Kier alpha value is -2.81. The van der Waals surface area contributed by atoms with Gasteiger partial charge in [-0.15, -0.1) is 0 Å². The summed E-state index contributed by atoms with van der Waals surface area (Å²) >= 11 is 0. The molecule has 2 rings (SSSR count). The lowest BCUT2D eigenvalue weighted by Gasteiger charge is -2.07. The molecule has 0 aliphatic carbocycles. The van der Waals surface area contributed by atoms with E-state index in [-0.39, 0.29) is 6.54 Å². The number of benzene rings is 2. The predicted octanol–water partition coefficient (Wildman–Crippen LogP) is 2.07. The molecule has 9 nitrogen and oxygen atoms in total. The van der Waals surface area contributed by atoms with E-state index in [9.17, 15) is 10.2 Å². The van der Waals surface area contributed by atoms with Gasteiger partial charge in [0.15, 0.2) is 0 Å². The SMILES string of the molecule is CO.COc1ccc(CC(O)CN)cc1.COc1ccc(CC(O)CN=[N+]=[N-])cc1. The quantitative estimate of drug-likeness (QED) is 0.277. The zero-order valence-corrected chi connectivity index (χ0v) is 17.7. The third-order valence-corrected chi connectivity index (χ3v) is 3.89. The molecule has 0 saturated heterocycles. The maximum absolute atomic E-state index is 9.46. The van der Waals surface area contributed by atoms with E-state index in [0.29, 0.717) is 19.4 Å². The number of methoxy groups -OCH3 is 2. The van der Waals surface area contributed by atoms with Gasteiger partial charge in [0.05, 0.1) is 33.0 Å². The molecule has 2 aromatic carbocycles. The summed E-state index contributed by atoms with van der Waals surface area (Å²) in [6, 6.07) is 15.0. The van der Waals surface area contributed by atoms with Gasteiger partial charge >= 0.3 is 0 Å². The molecule has 0 bridgehead atoms. The number of nitrogens with zero attached hydrogens (tertiary/aromatic N) is 3. The van der Waals surface area contributed by atoms with Crippen LogP contribution in [0.5, 0.6) is 11.5 Å². The van der Waals surface area contributed by atoms with E-state index in [0.717, 1.165) is 29.7 Å². The molecule has 0 amide bonds. The van der Waals surface area contributed by atoms with Crippen molar-refractivity contribution in [1.82, 2.24) is 0 Å². The fourth-order valence-electron chi connectivity index (χ4n) is 2.35. The summed E-state index contributed by atoms with van der Waals surface area (Å²) in [5, 5.41) is 29.1. The molecule has 30 heavy (non-hydrogen) atoms. The van der Waals surface area contributed by atoms with Gasteiger partial charge < -0.3 is 30.5 Å². The Morgan fingerprint density at radius 1 is 0.867 bits per heavy atom. The Morgan fingerprint density at radius 2 is 1.27 bits per heavy atom. The maximum atomic E-state index is 9.46. The van der Waals surface area contributed by atoms with Crippen molar-refractivity contribution in [3.8, 4) is 11.5 Å². The molecule has 2 unspecified atom stereocenters. The summed E-state index contributed by atoms with van der Waals surface area (Å²) in [6.07, 6.45) is -0.00792. The maximum Gasteiger partial charge on any atom is 0.118 e. The molecular weight excluding hydrogens is 388 g/mol. The van der Waals surface area contributed by atoms with E-state index in [2.05, 4.69) is 10.0 Å². The highest BCUT2D eigenvalue weighted by atomic mass is 16.5. The monoisotopic (exact) mass is 420 g/mol. The first kappa shape index (κ1) is 27.2. The van der Waals surface area contributed by atoms with Crippen molar-refractivity contribution in [2.24, 2.45) is 10.8 Å². The third kappa shape index (κ3) is 11.9. The predicted molar refractivity (Wildman–Crippen MR) is 117 cm³/mol. The van der Waals surface area contributed by atoms with Crippen molar-refractivity contribution in [3.05, 3.63) is 70.1 Å². The number of aliphatic hydroxyl groups excluding tert-OH is 3. The number of ether oxygens (including phenoxy) is 2. The third-order valence-electron chi connectivity index (χ3n) is 3.89. The van der Waals surface area contributed by atoms with Gasteiger partial charge in [0.2, 0.25) is 0 Å². The minimum Gasteiger partial charge on any atom is -0.497 e. The van der Waals surface area contributed by atoms with Crippen molar-refractivity contribution in [2.45, 2.75) is 25.0 Å². The van der Waals surface area contributed by atoms with Crippen LogP contribution in [0.1, 0.15) is 11.1 Å². The molecule has 0 fully saturated rings. The van der Waals surface area contributed by atoms with E-state index in [4.69, 9.17) is 25.8 Å². The Kier molecular flexibility index (Phi) is 15.5. The molecule has 0 aliphatic heterocycles. The zero-order valence-electron chi connectivity index (χ0n) is 17.7. The first-order chi connectivity index (χ1) is 14.5. The largest absolute Gasteiger partial charge is 0.497 e. The van der Waals surface area contributed by atoms with Crippen molar-refractivity contribution in [3.63, 3.8) is 0 Å². The van der Waals surface area contributed by atoms with Gasteiger partial charge in [-0.25, -0.2) is 0 Å². The van der Waals surface area contributed by atoms with Crippen LogP contribution < -0.4 is 15.2 Å². The smallest absolute Gasteiger partial charge is 0.118 e. The Morgan fingerprint density at radius 3 is 1.60 bits per heavy atom. The lowest BCUT2D eigenvalue weighted by atomic mass is 10.1. The molecule has 9 heteroatoms. The van der Waals surface area contributed by atoms with Crippen LogP contribution in [0.4, 0.5) is 0 Å². The normalized spacial score (nSPS) is 11.4. The number of aliphatic hydroxyl groups is 3. The zero-order chi connectivity index (χ0) is 22.8. The van der Waals surface area contributed by atoms with Crippen molar-refractivity contribution in [1.29, 1.82) is 0 Å². The number of nitrogens with two attached hydrogens (primary N) is 1. The molecule has 0 radical (unpaired) electrons. The average molecular weight is 421 g/mol.